The lowest BCUT2D eigenvalue weighted by atomic mass is 9.82. The summed E-state index contributed by atoms with van der Waals surface area (Å²) in [6, 6.07) is 5.78. The Balaban J connectivity index is 1.21. The molecular formula is C28H39N3O3. The third kappa shape index (κ3) is 5.02. The molecule has 2 amide bonds. The van der Waals surface area contributed by atoms with Gasteiger partial charge in [-0.3, -0.25) is 9.59 Å². The average molecular weight is 466 g/mol. The van der Waals surface area contributed by atoms with Gasteiger partial charge in [-0.2, -0.15) is 0 Å². The molecular weight excluding hydrogens is 426 g/mol. The number of hydrogen-bond acceptors (Lipinski definition) is 4. The molecule has 2 aliphatic carbocycles. The summed E-state index contributed by atoms with van der Waals surface area (Å²) in [5.41, 5.74) is 2.38. The van der Waals surface area contributed by atoms with Crippen LogP contribution in [-0.2, 0) is 11.3 Å². The van der Waals surface area contributed by atoms with Crippen LogP contribution in [0.2, 0.25) is 0 Å². The molecule has 2 saturated carbocycles. The molecule has 1 aromatic rings. The molecule has 34 heavy (non-hydrogen) atoms. The number of fused-ring (bicyclic) bond motifs is 1. The van der Waals surface area contributed by atoms with Gasteiger partial charge in [0.1, 0.15) is 17.9 Å². The topological polar surface area (TPSA) is 70.7 Å². The van der Waals surface area contributed by atoms with Crippen molar-refractivity contribution in [2.24, 2.45) is 11.8 Å². The number of hydrogen-bond donors (Lipinski definition) is 2. The number of carbonyl (C=O) groups is 2. The van der Waals surface area contributed by atoms with Crippen molar-refractivity contribution in [3.8, 4) is 5.75 Å². The van der Waals surface area contributed by atoms with Gasteiger partial charge in [0.25, 0.3) is 5.91 Å². The standard InChI is InChI=1S/C28H39N3O3/c1-18-7-10-20(11-8-18)16-29-24-5-3-4-6-26(24)34-22-12-13-23-21(15-22)17-31(28(23)33)25-14-9-19(2)30-27(25)32/h12-13,15,18,20,24-26,29H,2-11,14,16-17H2,1H3,(H,30,32)/t18?,20?,24-,25?,26+/m0/s1. The predicted molar refractivity (Wildman–Crippen MR) is 132 cm³/mol. The third-order valence-electron chi connectivity index (χ3n) is 8.40. The second-order valence-electron chi connectivity index (χ2n) is 11.0. The number of ether oxygens (including phenoxy) is 1. The van der Waals surface area contributed by atoms with E-state index in [4.69, 9.17) is 4.74 Å². The Morgan fingerprint density at radius 2 is 1.88 bits per heavy atom. The van der Waals surface area contributed by atoms with Gasteiger partial charge in [-0.25, -0.2) is 0 Å². The van der Waals surface area contributed by atoms with Gasteiger partial charge in [0, 0.05) is 23.8 Å². The second kappa shape index (κ2) is 10.1. The van der Waals surface area contributed by atoms with Crippen molar-refractivity contribution in [2.45, 2.75) is 95.9 Å². The van der Waals surface area contributed by atoms with Gasteiger partial charge in [0.2, 0.25) is 5.91 Å². The first kappa shape index (κ1) is 23.4. The van der Waals surface area contributed by atoms with Gasteiger partial charge in [-0.15, -0.1) is 0 Å². The maximum Gasteiger partial charge on any atom is 0.255 e. The Bertz CT molecular complexity index is 937. The Morgan fingerprint density at radius 3 is 2.68 bits per heavy atom. The number of nitrogens with one attached hydrogen (secondary N) is 2. The van der Waals surface area contributed by atoms with E-state index in [-0.39, 0.29) is 17.9 Å². The minimum absolute atomic E-state index is 0.0618. The molecule has 6 nitrogen and oxygen atoms in total. The van der Waals surface area contributed by atoms with Gasteiger partial charge in [-0.1, -0.05) is 32.8 Å². The molecule has 2 heterocycles. The molecule has 1 saturated heterocycles. The molecule has 184 valence electrons. The highest BCUT2D eigenvalue weighted by Gasteiger charge is 2.38. The van der Waals surface area contributed by atoms with E-state index in [1.165, 1.54) is 38.5 Å². The molecule has 2 N–H and O–H groups in total. The molecule has 0 radical (unpaired) electrons. The lowest BCUT2D eigenvalue weighted by Crippen LogP contribution is -2.49. The fourth-order valence-corrected chi connectivity index (χ4v) is 6.20. The molecule has 1 unspecified atom stereocenters. The number of benzene rings is 1. The van der Waals surface area contributed by atoms with E-state index in [0.717, 1.165) is 48.2 Å². The van der Waals surface area contributed by atoms with Crippen LogP contribution in [0.4, 0.5) is 0 Å². The Kier molecular flexibility index (Phi) is 6.96. The molecule has 0 bridgehead atoms. The highest BCUT2D eigenvalue weighted by molar-refractivity contribution is 6.01. The van der Waals surface area contributed by atoms with Crippen molar-refractivity contribution in [2.75, 3.05) is 6.54 Å². The van der Waals surface area contributed by atoms with Crippen molar-refractivity contribution in [1.29, 1.82) is 0 Å². The smallest absolute Gasteiger partial charge is 0.255 e. The monoisotopic (exact) mass is 465 g/mol. The van der Waals surface area contributed by atoms with Crippen molar-refractivity contribution in [1.82, 2.24) is 15.5 Å². The maximum absolute atomic E-state index is 13.0. The largest absolute Gasteiger partial charge is 0.489 e. The SMILES string of the molecule is C=C1CCC(N2Cc3cc(O[C@@H]4CCCC[C@@H]4NCC4CCC(C)CC4)ccc3C2=O)C(=O)N1. The number of nitrogens with zero attached hydrogens (tertiary/aromatic N) is 1. The summed E-state index contributed by atoms with van der Waals surface area (Å²) in [6.45, 7) is 7.78. The summed E-state index contributed by atoms with van der Waals surface area (Å²) in [6.07, 6.45) is 11.6. The van der Waals surface area contributed by atoms with E-state index in [0.29, 0.717) is 31.0 Å². The van der Waals surface area contributed by atoms with Crippen molar-refractivity contribution < 1.29 is 14.3 Å². The van der Waals surface area contributed by atoms with Crippen molar-refractivity contribution in [3.63, 3.8) is 0 Å². The Morgan fingerprint density at radius 1 is 1.09 bits per heavy atom. The van der Waals surface area contributed by atoms with Crippen LogP contribution >= 0.6 is 0 Å². The summed E-state index contributed by atoms with van der Waals surface area (Å²) in [7, 11) is 0. The Labute approximate surface area is 203 Å². The lowest BCUT2D eigenvalue weighted by molar-refractivity contribution is -0.126. The minimum atomic E-state index is -0.426. The van der Waals surface area contributed by atoms with E-state index >= 15 is 0 Å². The number of amides is 2. The summed E-state index contributed by atoms with van der Waals surface area (Å²) in [5, 5.41) is 6.66. The highest BCUT2D eigenvalue weighted by Crippen LogP contribution is 2.33. The van der Waals surface area contributed by atoms with Gasteiger partial charge < -0.3 is 20.3 Å². The first-order valence-electron chi connectivity index (χ1n) is 13.3. The van der Waals surface area contributed by atoms with E-state index in [9.17, 15) is 9.59 Å². The normalized spacial score (nSPS) is 31.9. The number of piperidine rings is 1. The first-order valence-corrected chi connectivity index (χ1v) is 13.3. The zero-order chi connectivity index (χ0) is 23.7. The second-order valence-corrected chi connectivity index (χ2v) is 11.0. The van der Waals surface area contributed by atoms with Crippen LogP contribution in [-0.4, -0.2) is 41.4 Å². The van der Waals surface area contributed by atoms with Crippen LogP contribution < -0.4 is 15.4 Å². The molecule has 0 aromatic heterocycles. The van der Waals surface area contributed by atoms with Crippen LogP contribution in [0.15, 0.2) is 30.5 Å². The van der Waals surface area contributed by atoms with Crippen LogP contribution in [0, 0.1) is 11.8 Å². The molecule has 3 fully saturated rings. The van der Waals surface area contributed by atoms with Gasteiger partial charge >= 0.3 is 0 Å². The first-order chi connectivity index (χ1) is 16.5. The molecule has 2 aliphatic heterocycles. The van der Waals surface area contributed by atoms with Crippen LogP contribution in [0.3, 0.4) is 0 Å². The average Bonchev–Trinajstić information content (AvgIpc) is 3.15. The molecule has 6 heteroatoms. The maximum atomic E-state index is 13.0. The van der Waals surface area contributed by atoms with E-state index in [1.807, 2.05) is 18.2 Å². The van der Waals surface area contributed by atoms with Gasteiger partial charge in [0.15, 0.2) is 0 Å². The van der Waals surface area contributed by atoms with Gasteiger partial charge in [0.05, 0.1) is 0 Å². The fourth-order valence-electron chi connectivity index (χ4n) is 6.20. The Hall–Kier alpha value is -2.34. The molecule has 5 rings (SSSR count). The number of rotatable bonds is 6. The number of carbonyl (C=O) groups excluding carboxylic acids is 2. The molecule has 1 aromatic carbocycles. The predicted octanol–water partition coefficient (Wildman–Crippen LogP) is 4.54. The van der Waals surface area contributed by atoms with Crippen molar-refractivity contribution in [3.05, 3.63) is 41.6 Å². The van der Waals surface area contributed by atoms with Crippen LogP contribution in [0.5, 0.6) is 5.75 Å². The lowest BCUT2D eigenvalue weighted by Gasteiger charge is -2.35. The highest BCUT2D eigenvalue weighted by atomic mass is 16.5. The van der Waals surface area contributed by atoms with Crippen LogP contribution in [0.1, 0.15) is 87.1 Å². The zero-order valence-corrected chi connectivity index (χ0v) is 20.5. The quantitative estimate of drug-likeness (QED) is 0.647. The summed E-state index contributed by atoms with van der Waals surface area (Å²) < 4.78 is 6.52. The van der Waals surface area contributed by atoms with E-state index in [1.54, 1.807) is 4.90 Å². The summed E-state index contributed by atoms with van der Waals surface area (Å²) in [4.78, 5) is 27.2. The van der Waals surface area contributed by atoms with Crippen LogP contribution in [0.25, 0.3) is 0 Å². The van der Waals surface area contributed by atoms with E-state index in [2.05, 4.69) is 24.1 Å². The van der Waals surface area contributed by atoms with E-state index < -0.39 is 6.04 Å². The number of allylic oxidation sites excluding steroid dienone is 1. The molecule has 4 aliphatic rings. The zero-order valence-electron chi connectivity index (χ0n) is 20.5. The summed E-state index contributed by atoms with van der Waals surface area (Å²) in [5.74, 6) is 2.33. The van der Waals surface area contributed by atoms with Gasteiger partial charge in [-0.05, 0) is 87.1 Å². The third-order valence-corrected chi connectivity index (χ3v) is 8.40. The fraction of sp³-hybridized carbons (Fsp3) is 0.643. The minimum Gasteiger partial charge on any atom is -0.489 e. The van der Waals surface area contributed by atoms with Crippen molar-refractivity contribution >= 4 is 11.8 Å². The molecule has 0 spiro atoms. The molecule has 3 atom stereocenters. The summed E-state index contributed by atoms with van der Waals surface area (Å²) >= 11 is 0.